The summed E-state index contributed by atoms with van der Waals surface area (Å²) in [7, 11) is 0. The van der Waals surface area contributed by atoms with Crippen LogP contribution in [-0.4, -0.2) is 19.5 Å². The van der Waals surface area contributed by atoms with Gasteiger partial charge in [-0.3, -0.25) is 14.3 Å². The highest BCUT2D eigenvalue weighted by Gasteiger charge is 2.30. The first kappa shape index (κ1) is 14.1. The van der Waals surface area contributed by atoms with Crippen LogP contribution in [0.15, 0.2) is 33.9 Å². The number of fused-ring (bicyclic) bond motifs is 1. The molecule has 0 aliphatic carbocycles. The Balaban J connectivity index is 2.25. The Labute approximate surface area is 120 Å². The van der Waals surface area contributed by atoms with E-state index in [0.717, 1.165) is 28.8 Å². The summed E-state index contributed by atoms with van der Waals surface area (Å²) in [6.45, 7) is 1.55. The summed E-state index contributed by atoms with van der Waals surface area (Å²) >= 11 is 0. The minimum absolute atomic E-state index is 0.0460. The summed E-state index contributed by atoms with van der Waals surface area (Å²) < 4.78 is 38.7. The van der Waals surface area contributed by atoms with Crippen LogP contribution in [-0.2, 0) is 6.18 Å². The van der Waals surface area contributed by atoms with Crippen LogP contribution >= 0.6 is 0 Å². The molecule has 3 aromatic rings. The van der Waals surface area contributed by atoms with Gasteiger partial charge in [-0.1, -0.05) is 0 Å². The molecule has 0 saturated carbocycles. The summed E-state index contributed by atoms with van der Waals surface area (Å²) in [6.07, 6.45) is -4.47. The highest BCUT2D eigenvalue weighted by atomic mass is 19.4. The SMILES string of the molecule is Cc1nc2[nH]c(=O)n(-c3ccc(C(F)(F)F)cc3)c2c(=O)[nH]1. The zero-order valence-electron chi connectivity index (χ0n) is 11.2. The number of aryl methyl sites for hydroxylation is 1. The number of hydrogen-bond acceptors (Lipinski definition) is 3. The lowest BCUT2D eigenvalue weighted by atomic mass is 10.2. The van der Waals surface area contributed by atoms with Crippen molar-refractivity contribution < 1.29 is 13.2 Å². The number of aromatic amines is 2. The van der Waals surface area contributed by atoms with Gasteiger partial charge < -0.3 is 4.98 Å². The molecule has 3 rings (SSSR count). The molecule has 2 N–H and O–H groups in total. The van der Waals surface area contributed by atoms with Crippen LogP contribution in [0.1, 0.15) is 11.4 Å². The average molecular weight is 310 g/mol. The second-order valence-corrected chi connectivity index (χ2v) is 4.66. The van der Waals surface area contributed by atoms with Gasteiger partial charge in [-0.05, 0) is 31.2 Å². The fraction of sp³-hybridized carbons (Fsp3) is 0.154. The van der Waals surface area contributed by atoms with Gasteiger partial charge in [0.2, 0.25) is 0 Å². The second kappa shape index (κ2) is 4.58. The lowest BCUT2D eigenvalue weighted by molar-refractivity contribution is -0.137. The van der Waals surface area contributed by atoms with Crippen LogP contribution in [0.5, 0.6) is 0 Å². The Hall–Kier alpha value is -2.84. The average Bonchev–Trinajstić information content (AvgIpc) is 2.74. The van der Waals surface area contributed by atoms with Crippen LogP contribution in [0.2, 0.25) is 0 Å². The molecule has 2 aromatic heterocycles. The van der Waals surface area contributed by atoms with Crippen LogP contribution in [0.4, 0.5) is 13.2 Å². The molecule has 22 heavy (non-hydrogen) atoms. The number of H-pyrrole nitrogens is 2. The molecule has 2 heterocycles. The Morgan fingerprint density at radius 3 is 2.32 bits per heavy atom. The minimum atomic E-state index is -4.47. The molecule has 0 unspecified atom stereocenters. The van der Waals surface area contributed by atoms with Crippen LogP contribution < -0.4 is 11.2 Å². The van der Waals surface area contributed by atoms with E-state index >= 15 is 0 Å². The van der Waals surface area contributed by atoms with E-state index in [4.69, 9.17) is 0 Å². The maximum atomic E-state index is 12.6. The third-order valence-electron chi connectivity index (χ3n) is 3.12. The second-order valence-electron chi connectivity index (χ2n) is 4.66. The molecule has 0 radical (unpaired) electrons. The lowest BCUT2D eigenvalue weighted by Crippen LogP contribution is -2.19. The summed E-state index contributed by atoms with van der Waals surface area (Å²) in [5.74, 6) is 0.318. The largest absolute Gasteiger partial charge is 0.416 e. The van der Waals surface area contributed by atoms with Gasteiger partial charge in [0, 0.05) is 0 Å². The number of nitrogens with one attached hydrogen (secondary N) is 2. The molecule has 0 atom stereocenters. The molecular formula is C13H9F3N4O2. The molecule has 0 bridgehead atoms. The van der Waals surface area contributed by atoms with Crippen molar-refractivity contribution in [2.75, 3.05) is 0 Å². The van der Waals surface area contributed by atoms with E-state index in [-0.39, 0.29) is 16.9 Å². The van der Waals surface area contributed by atoms with E-state index in [1.54, 1.807) is 6.92 Å². The van der Waals surface area contributed by atoms with E-state index in [9.17, 15) is 22.8 Å². The van der Waals surface area contributed by atoms with E-state index in [2.05, 4.69) is 15.0 Å². The van der Waals surface area contributed by atoms with Crippen LogP contribution in [0.25, 0.3) is 16.9 Å². The van der Waals surface area contributed by atoms with Crippen molar-refractivity contribution in [3.63, 3.8) is 0 Å². The predicted molar refractivity (Wildman–Crippen MR) is 72.1 cm³/mol. The number of nitrogens with zero attached hydrogens (tertiary/aromatic N) is 2. The van der Waals surface area contributed by atoms with Crippen molar-refractivity contribution >= 4 is 11.2 Å². The smallest absolute Gasteiger partial charge is 0.309 e. The highest BCUT2D eigenvalue weighted by Crippen LogP contribution is 2.29. The molecule has 0 aliphatic heterocycles. The minimum Gasteiger partial charge on any atom is -0.309 e. The van der Waals surface area contributed by atoms with E-state index in [0.29, 0.717) is 5.82 Å². The van der Waals surface area contributed by atoms with Crippen molar-refractivity contribution in [3.8, 4) is 5.69 Å². The maximum Gasteiger partial charge on any atom is 0.416 e. The van der Waals surface area contributed by atoms with Crippen molar-refractivity contribution in [2.45, 2.75) is 13.1 Å². The molecule has 6 nitrogen and oxygen atoms in total. The summed E-state index contributed by atoms with van der Waals surface area (Å²) in [5.41, 5.74) is -1.88. The van der Waals surface area contributed by atoms with Crippen molar-refractivity contribution in [1.82, 2.24) is 19.5 Å². The number of rotatable bonds is 1. The van der Waals surface area contributed by atoms with E-state index in [1.807, 2.05) is 0 Å². The molecule has 0 amide bonds. The van der Waals surface area contributed by atoms with Gasteiger partial charge in [0.25, 0.3) is 5.56 Å². The van der Waals surface area contributed by atoms with Gasteiger partial charge in [0.15, 0.2) is 11.2 Å². The molecular weight excluding hydrogens is 301 g/mol. The number of alkyl halides is 3. The molecule has 0 saturated heterocycles. The monoisotopic (exact) mass is 310 g/mol. The molecule has 0 fully saturated rings. The zero-order chi connectivity index (χ0) is 16.1. The fourth-order valence-corrected chi connectivity index (χ4v) is 2.18. The molecule has 0 aliphatic rings. The Morgan fingerprint density at radius 2 is 1.73 bits per heavy atom. The number of hydrogen-bond donors (Lipinski definition) is 2. The van der Waals surface area contributed by atoms with Gasteiger partial charge in [0.05, 0.1) is 11.3 Å². The van der Waals surface area contributed by atoms with Crippen molar-refractivity contribution in [1.29, 1.82) is 0 Å². The topological polar surface area (TPSA) is 83.5 Å². The van der Waals surface area contributed by atoms with E-state index < -0.39 is 23.0 Å². The van der Waals surface area contributed by atoms with Gasteiger partial charge in [0.1, 0.15) is 5.82 Å². The number of aromatic nitrogens is 4. The van der Waals surface area contributed by atoms with Gasteiger partial charge in [-0.2, -0.15) is 13.2 Å². The summed E-state index contributed by atoms with van der Waals surface area (Å²) in [5, 5.41) is 0. The molecule has 1 aromatic carbocycles. The number of halogens is 3. The Bertz CT molecular complexity index is 964. The first-order valence-electron chi connectivity index (χ1n) is 6.16. The maximum absolute atomic E-state index is 12.6. The Kier molecular flexibility index (Phi) is 2.94. The first-order valence-corrected chi connectivity index (χ1v) is 6.16. The molecule has 114 valence electrons. The van der Waals surface area contributed by atoms with Gasteiger partial charge in [-0.15, -0.1) is 0 Å². The summed E-state index contributed by atoms with van der Waals surface area (Å²) in [6, 6.07) is 3.93. The van der Waals surface area contributed by atoms with E-state index in [1.165, 1.54) is 0 Å². The first-order chi connectivity index (χ1) is 10.3. The third-order valence-corrected chi connectivity index (χ3v) is 3.12. The standard InChI is InChI=1S/C13H9F3N4O2/c1-6-17-10-9(11(21)18-6)20(12(22)19-10)8-4-2-7(3-5-8)13(14,15)16/h2-5H,1H3,(H2,17,18,19,21,22). The van der Waals surface area contributed by atoms with Gasteiger partial charge in [-0.25, -0.2) is 9.78 Å². The van der Waals surface area contributed by atoms with Gasteiger partial charge >= 0.3 is 11.9 Å². The Morgan fingerprint density at radius 1 is 1.09 bits per heavy atom. The molecule has 9 heteroatoms. The number of imidazole rings is 1. The van der Waals surface area contributed by atoms with Crippen LogP contribution in [0.3, 0.4) is 0 Å². The fourth-order valence-electron chi connectivity index (χ4n) is 2.18. The highest BCUT2D eigenvalue weighted by molar-refractivity contribution is 5.72. The summed E-state index contributed by atoms with van der Waals surface area (Å²) in [4.78, 5) is 32.8. The molecule has 0 spiro atoms. The third kappa shape index (κ3) is 2.20. The van der Waals surface area contributed by atoms with Crippen molar-refractivity contribution in [2.24, 2.45) is 0 Å². The van der Waals surface area contributed by atoms with Crippen LogP contribution in [0, 0.1) is 6.92 Å². The predicted octanol–water partition coefficient (Wildman–Crippen LogP) is 1.73. The lowest BCUT2D eigenvalue weighted by Gasteiger charge is -2.08. The van der Waals surface area contributed by atoms with Crippen molar-refractivity contribution in [3.05, 3.63) is 56.5 Å². The quantitative estimate of drug-likeness (QED) is 0.718. The number of benzene rings is 1. The normalized spacial score (nSPS) is 12.0. The zero-order valence-corrected chi connectivity index (χ0v) is 11.2.